The van der Waals surface area contributed by atoms with E-state index in [-0.39, 0.29) is 11.4 Å². The van der Waals surface area contributed by atoms with Crippen molar-refractivity contribution in [1.29, 1.82) is 0 Å². The number of imidazole rings is 1. The third kappa shape index (κ3) is 4.28. The van der Waals surface area contributed by atoms with E-state index in [1.165, 1.54) is 0 Å². The molecule has 4 heterocycles. The first-order valence-corrected chi connectivity index (χ1v) is 11.6. The molecule has 34 heavy (non-hydrogen) atoms. The fourth-order valence-corrected chi connectivity index (χ4v) is 4.20. The first-order valence-electron chi connectivity index (χ1n) is 11.6. The summed E-state index contributed by atoms with van der Waals surface area (Å²) < 4.78 is 9.45. The summed E-state index contributed by atoms with van der Waals surface area (Å²) in [7, 11) is 0. The highest BCUT2D eigenvalue weighted by molar-refractivity contribution is 6.03. The zero-order valence-corrected chi connectivity index (χ0v) is 20.1. The number of aryl methyl sites for hydroxylation is 1. The Labute approximate surface area is 199 Å². The van der Waals surface area contributed by atoms with Crippen LogP contribution in [0.1, 0.15) is 36.8 Å². The van der Waals surface area contributed by atoms with Crippen molar-refractivity contribution in [1.82, 2.24) is 19.2 Å². The number of nitrogens with one attached hydrogen (secondary N) is 1. The Bertz CT molecular complexity index is 1340. The number of rotatable bonds is 4. The summed E-state index contributed by atoms with van der Waals surface area (Å²) in [5.41, 5.74) is 5.31. The largest absolute Gasteiger partial charge is 0.378 e. The van der Waals surface area contributed by atoms with E-state index in [9.17, 15) is 4.79 Å². The lowest BCUT2D eigenvalue weighted by molar-refractivity contribution is 0.102. The molecule has 1 amide bonds. The second-order valence-electron chi connectivity index (χ2n) is 9.69. The molecule has 1 fully saturated rings. The summed E-state index contributed by atoms with van der Waals surface area (Å²) in [5.74, 6) is 0.820. The Balaban J connectivity index is 1.47. The third-order valence-electron chi connectivity index (χ3n) is 6.21. The SMILES string of the molecule is Cc1ccc(NC(=O)c2cn(C(C)(C)C)cn2)cc1-c1cc(N2CCOCC2)n2nccc2c1. The van der Waals surface area contributed by atoms with Crippen LogP contribution in [0.5, 0.6) is 0 Å². The van der Waals surface area contributed by atoms with Gasteiger partial charge in [0.25, 0.3) is 5.91 Å². The molecule has 1 N–H and O–H groups in total. The van der Waals surface area contributed by atoms with E-state index in [4.69, 9.17) is 4.74 Å². The molecule has 1 aliphatic rings. The van der Waals surface area contributed by atoms with Crippen LogP contribution < -0.4 is 10.2 Å². The number of pyridine rings is 1. The summed E-state index contributed by atoms with van der Waals surface area (Å²) in [6.07, 6.45) is 5.30. The van der Waals surface area contributed by atoms with E-state index in [1.54, 1.807) is 12.5 Å². The fraction of sp³-hybridized carbons (Fsp3) is 0.346. The molecule has 4 aromatic rings. The summed E-state index contributed by atoms with van der Waals surface area (Å²) in [6.45, 7) is 11.4. The van der Waals surface area contributed by atoms with E-state index in [0.717, 1.165) is 46.8 Å². The van der Waals surface area contributed by atoms with Crippen molar-refractivity contribution in [3.05, 3.63) is 66.4 Å². The molecule has 5 rings (SSSR count). The Morgan fingerprint density at radius 1 is 1.09 bits per heavy atom. The van der Waals surface area contributed by atoms with E-state index in [0.29, 0.717) is 18.9 Å². The summed E-state index contributed by atoms with van der Waals surface area (Å²) in [4.78, 5) is 19.5. The second-order valence-corrected chi connectivity index (χ2v) is 9.69. The van der Waals surface area contributed by atoms with Crippen molar-refractivity contribution >= 4 is 22.9 Å². The van der Waals surface area contributed by atoms with Crippen LogP contribution in [0, 0.1) is 6.92 Å². The maximum atomic E-state index is 12.9. The molecule has 0 bridgehead atoms. The highest BCUT2D eigenvalue weighted by Gasteiger charge is 2.19. The number of fused-ring (bicyclic) bond motifs is 1. The summed E-state index contributed by atoms with van der Waals surface area (Å²) >= 11 is 0. The number of carbonyl (C=O) groups excluding carboxylic acids is 1. The van der Waals surface area contributed by atoms with Crippen LogP contribution in [-0.4, -0.2) is 51.4 Å². The van der Waals surface area contributed by atoms with Crippen LogP contribution in [0.15, 0.2) is 55.1 Å². The van der Waals surface area contributed by atoms with Crippen LogP contribution >= 0.6 is 0 Å². The molecule has 0 radical (unpaired) electrons. The average Bonchev–Trinajstić information content (AvgIpc) is 3.50. The monoisotopic (exact) mass is 458 g/mol. The van der Waals surface area contributed by atoms with E-state index < -0.39 is 0 Å². The maximum Gasteiger partial charge on any atom is 0.275 e. The number of benzene rings is 1. The van der Waals surface area contributed by atoms with Gasteiger partial charge in [-0.25, -0.2) is 9.50 Å². The molecule has 1 saturated heterocycles. The lowest BCUT2D eigenvalue weighted by atomic mass is 10.00. The highest BCUT2D eigenvalue weighted by Crippen LogP contribution is 2.31. The predicted molar refractivity (Wildman–Crippen MR) is 134 cm³/mol. The summed E-state index contributed by atoms with van der Waals surface area (Å²) in [5, 5.41) is 7.54. The first-order chi connectivity index (χ1) is 16.3. The van der Waals surface area contributed by atoms with Crippen LogP contribution in [0.25, 0.3) is 16.6 Å². The van der Waals surface area contributed by atoms with Gasteiger partial charge in [-0.1, -0.05) is 6.07 Å². The molecule has 8 heteroatoms. The minimum absolute atomic E-state index is 0.132. The van der Waals surface area contributed by atoms with Crippen molar-refractivity contribution in [2.45, 2.75) is 33.2 Å². The molecule has 3 aromatic heterocycles. The number of carbonyl (C=O) groups is 1. The van der Waals surface area contributed by atoms with Crippen LogP contribution in [-0.2, 0) is 10.3 Å². The van der Waals surface area contributed by atoms with Crippen LogP contribution in [0.2, 0.25) is 0 Å². The van der Waals surface area contributed by atoms with Crippen molar-refractivity contribution in [3.63, 3.8) is 0 Å². The van der Waals surface area contributed by atoms with Crippen molar-refractivity contribution in [2.75, 3.05) is 36.5 Å². The van der Waals surface area contributed by atoms with Crippen molar-refractivity contribution in [3.8, 4) is 11.1 Å². The number of hydrogen-bond donors (Lipinski definition) is 1. The van der Waals surface area contributed by atoms with Gasteiger partial charge in [0.05, 0.1) is 31.3 Å². The molecule has 0 saturated carbocycles. The van der Waals surface area contributed by atoms with Gasteiger partial charge in [-0.3, -0.25) is 4.79 Å². The van der Waals surface area contributed by atoms with E-state index >= 15 is 0 Å². The number of morpholine rings is 1. The average molecular weight is 459 g/mol. The van der Waals surface area contributed by atoms with Gasteiger partial charge in [-0.05, 0) is 74.7 Å². The molecule has 0 atom stereocenters. The zero-order valence-electron chi connectivity index (χ0n) is 20.1. The summed E-state index contributed by atoms with van der Waals surface area (Å²) in [6, 6.07) is 12.3. The lowest BCUT2D eigenvalue weighted by Gasteiger charge is -2.29. The van der Waals surface area contributed by atoms with Crippen LogP contribution in [0.3, 0.4) is 0 Å². The Morgan fingerprint density at radius 2 is 1.88 bits per heavy atom. The van der Waals surface area contributed by atoms with Crippen LogP contribution in [0.4, 0.5) is 11.5 Å². The van der Waals surface area contributed by atoms with Gasteiger partial charge in [0.1, 0.15) is 11.5 Å². The minimum Gasteiger partial charge on any atom is -0.378 e. The molecular weight excluding hydrogens is 428 g/mol. The van der Waals surface area contributed by atoms with Crippen molar-refractivity contribution < 1.29 is 9.53 Å². The number of nitrogens with zero attached hydrogens (tertiary/aromatic N) is 5. The fourth-order valence-electron chi connectivity index (χ4n) is 4.20. The van der Waals surface area contributed by atoms with Gasteiger partial charge >= 0.3 is 0 Å². The smallest absolute Gasteiger partial charge is 0.275 e. The number of hydrogen-bond acceptors (Lipinski definition) is 5. The molecule has 1 aromatic carbocycles. The van der Waals surface area contributed by atoms with Gasteiger partial charge in [-0.15, -0.1) is 0 Å². The maximum absolute atomic E-state index is 12.9. The predicted octanol–water partition coefficient (Wildman–Crippen LogP) is 4.35. The van der Waals surface area contributed by atoms with Gasteiger partial charge < -0.3 is 19.5 Å². The van der Waals surface area contributed by atoms with Gasteiger partial charge in [0.2, 0.25) is 0 Å². The lowest BCUT2D eigenvalue weighted by Crippen LogP contribution is -2.37. The Kier molecular flexibility index (Phi) is 5.61. The standard InChI is InChI=1S/C26H30N6O2/c1-18-5-6-20(29-25(33)23-16-31(17-27-23)26(2,3)4)15-22(18)19-13-21-7-8-28-32(21)24(14-19)30-9-11-34-12-10-30/h5-8,13-17H,9-12H2,1-4H3,(H,29,33). The van der Waals surface area contributed by atoms with E-state index in [2.05, 4.69) is 60.1 Å². The quantitative estimate of drug-likeness (QED) is 0.492. The molecule has 1 aliphatic heterocycles. The van der Waals surface area contributed by atoms with Gasteiger partial charge in [0, 0.05) is 30.5 Å². The molecule has 0 spiro atoms. The topological polar surface area (TPSA) is 76.7 Å². The van der Waals surface area contributed by atoms with Gasteiger partial charge in [0.15, 0.2) is 0 Å². The molecule has 8 nitrogen and oxygen atoms in total. The zero-order chi connectivity index (χ0) is 23.9. The number of aromatic nitrogens is 4. The normalized spacial score (nSPS) is 14.5. The van der Waals surface area contributed by atoms with Crippen molar-refractivity contribution in [2.24, 2.45) is 0 Å². The number of amides is 1. The molecule has 0 aliphatic carbocycles. The van der Waals surface area contributed by atoms with E-state index in [1.807, 2.05) is 39.5 Å². The molecule has 0 unspecified atom stereocenters. The highest BCUT2D eigenvalue weighted by atomic mass is 16.5. The third-order valence-corrected chi connectivity index (χ3v) is 6.21. The first kappa shape index (κ1) is 22.2. The molecule has 176 valence electrons. The second kappa shape index (κ2) is 8.61. The van der Waals surface area contributed by atoms with Gasteiger partial charge in [-0.2, -0.15) is 5.10 Å². The Hall–Kier alpha value is -3.65. The molecular formula is C26H30N6O2. The number of ether oxygens (including phenoxy) is 1. The number of anilines is 2. The Morgan fingerprint density at radius 3 is 2.62 bits per heavy atom. The minimum atomic E-state index is -0.224.